The van der Waals surface area contributed by atoms with E-state index in [0.29, 0.717) is 4.99 Å². The van der Waals surface area contributed by atoms with Crippen molar-refractivity contribution in [2.75, 3.05) is 0 Å². The van der Waals surface area contributed by atoms with Gasteiger partial charge < -0.3 is 10.5 Å². The van der Waals surface area contributed by atoms with Crippen LogP contribution in [0.3, 0.4) is 0 Å². The molecule has 0 amide bonds. The Balaban J connectivity index is 3.09. The summed E-state index contributed by atoms with van der Waals surface area (Å²) in [4.78, 5) is 0.380. The van der Waals surface area contributed by atoms with E-state index in [0.717, 1.165) is 23.3 Å². The van der Waals surface area contributed by atoms with E-state index in [1.165, 1.54) is 0 Å². The lowest BCUT2D eigenvalue weighted by molar-refractivity contribution is 0.105. The molecule has 0 bridgehead atoms. The first-order valence-corrected chi connectivity index (χ1v) is 5.86. The molecule has 0 radical (unpaired) electrons. The Morgan fingerprint density at radius 1 is 1.44 bits per heavy atom. The molecule has 0 atom stereocenters. The van der Waals surface area contributed by atoms with E-state index in [9.17, 15) is 0 Å². The van der Waals surface area contributed by atoms with Crippen LogP contribution in [-0.4, -0.2) is 10.6 Å². The molecule has 0 aliphatic rings. The topological polar surface area (TPSA) is 35.2 Å². The Bertz CT molecular complexity index is 399. The Kier molecular flexibility index (Phi) is 3.92. The second-order valence-corrected chi connectivity index (χ2v) is 5.02. The number of nitrogens with two attached hydrogens (primary N) is 1. The highest BCUT2D eigenvalue weighted by molar-refractivity contribution is 7.80. The van der Waals surface area contributed by atoms with Crippen molar-refractivity contribution >= 4 is 17.2 Å². The van der Waals surface area contributed by atoms with Crippen molar-refractivity contribution in [3.8, 4) is 5.75 Å². The summed E-state index contributed by atoms with van der Waals surface area (Å²) in [6, 6.07) is 5.90. The van der Waals surface area contributed by atoms with Gasteiger partial charge in [0.1, 0.15) is 16.3 Å². The van der Waals surface area contributed by atoms with Crippen LogP contribution in [0.4, 0.5) is 0 Å². The Morgan fingerprint density at radius 3 is 2.56 bits per heavy atom. The molecule has 0 fully saturated rings. The minimum atomic E-state index is -0.200. The normalized spacial score (nSPS) is 11.2. The van der Waals surface area contributed by atoms with E-state index in [1.807, 2.05) is 25.1 Å². The van der Waals surface area contributed by atoms with Crippen LogP contribution in [0.1, 0.15) is 38.3 Å². The lowest BCUT2D eigenvalue weighted by Gasteiger charge is -2.26. The zero-order valence-corrected chi connectivity index (χ0v) is 11.1. The van der Waals surface area contributed by atoms with Crippen LogP contribution in [-0.2, 0) is 0 Å². The second-order valence-electron chi connectivity index (χ2n) is 4.58. The third kappa shape index (κ3) is 3.20. The van der Waals surface area contributed by atoms with E-state index in [-0.39, 0.29) is 5.60 Å². The molecule has 2 N–H and O–H groups in total. The van der Waals surface area contributed by atoms with Crippen LogP contribution >= 0.6 is 12.2 Å². The van der Waals surface area contributed by atoms with Gasteiger partial charge in [-0.05, 0) is 39.3 Å². The van der Waals surface area contributed by atoms with Crippen LogP contribution in [0.5, 0.6) is 5.75 Å². The van der Waals surface area contributed by atoms with Gasteiger partial charge in [0, 0.05) is 0 Å². The zero-order valence-electron chi connectivity index (χ0n) is 10.3. The molecule has 0 unspecified atom stereocenters. The van der Waals surface area contributed by atoms with Gasteiger partial charge in [0.25, 0.3) is 0 Å². The fourth-order valence-corrected chi connectivity index (χ4v) is 1.45. The molecule has 0 aliphatic carbocycles. The number of thiocarbonyl (C=S) groups is 1. The van der Waals surface area contributed by atoms with Crippen molar-refractivity contribution in [1.82, 2.24) is 0 Å². The van der Waals surface area contributed by atoms with Gasteiger partial charge >= 0.3 is 0 Å². The summed E-state index contributed by atoms with van der Waals surface area (Å²) >= 11 is 5.03. The number of ether oxygens (including phenoxy) is 1. The molecule has 1 aromatic rings. The standard InChI is InChI=1S/C13H19NOS/c1-5-13(3,4)15-11-7-6-9(2)8-10(11)12(14)16/h6-8H,5H2,1-4H3,(H2,14,16). The van der Waals surface area contributed by atoms with Crippen molar-refractivity contribution in [3.63, 3.8) is 0 Å². The van der Waals surface area contributed by atoms with Crippen molar-refractivity contribution in [1.29, 1.82) is 0 Å². The van der Waals surface area contributed by atoms with E-state index in [1.54, 1.807) is 0 Å². The van der Waals surface area contributed by atoms with Crippen LogP contribution < -0.4 is 10.5 Å². The Hall–Kier alpha value is -1.09. The summed E-state index contributed by atoms with van der Waals surface area (Å²) in [5.41, 5.74) is 7.44. The maximum atomic E-state index is 5.93. The molecule has 0 spiro atoms. The maximum Gasteiger partial charge on any atom is 0.130 e. The number of hydrogen-bond donors (Lipinski definition) is 1. The molecular formula is C13H19NOS. The molecule has 3 heteroatoms. The van der Waals surface area contributed by atoms with E-state index in [2.05, 4.69) is 20.8 Å². The summed E-state index contributed by atoms with van der Waals surface area (Å²) in [5, 5.41) is 0. The predicted octanol–water partition coefficient (Wildman–Crippen LogP) is 3.20. The molecule has 0 saturated heterocycles. The fraction of sp³-hybridized carbons (Fsp3) is 0.462. The van der Waals surface area contributed by atoms with Gasteiger partial charge in [0.2, 0.25) is 0 Å². The summed E-state index contributed by atoms with van der Waals surface area (Å²) in [6.07, 6.45) is 0.928. The van der Waals surface area contributed by atoms with Crippen molar-refractivity contribution in [2.24, 2.45) is 5.73 Å². The van der Waals surface area contributed by atoms with Gasteiger partial charge in [-0.1, -0.05) is 30.8 Å². The van der Waals surface area contributed by atoms with Gasteiger partial charge in [-0.25, -0.2) is 0 Å². The van der Waals surface area contributed by atoms with Gasteiger partial charge in [0.05, 0.1) is 5.56 Å². The highest BCUT2D eigenvalue weighted by atomic mass is 32.1. The third-order valence-electron chi connectivity index (χ3n) is 2.64. The van der Waals surface area contributed by atoms with Crippen LogP contribution in [0.2, 0.25) is 0 Å². The molecule has 2 nitrogen and oxygen atoms in total. The molecular weight excluding hydrogens is 218 g/mol. The second kappa shape index (κ2) is 4.83. The first-order chi connectivity index (χ1) is 7.35. The van der Waals surface area contributed by atoms with Crippen LogP contribution in [0.25, 0.3) is 0 Å². The largest absolute Gasteiger partial charge is 0.487 e. The lowest BCUT2D eigenvalue weighted by atomic mass is 10.1. The molecule has 0 aromatic heterocycles. The molecule has 0 heterocycles. The Morgan fingerprint density at radius 2 is 2.06 bits per heavy atom. The smallest absolute Gasteiger partial charge is 0.130 e. The van der Waals surface area contributed by atoms with Crippen molar-refractivity contribution in [2.45, 2.75) is 39.7 Å². The molecule has 16 heavy (non-hydrogen) atoms. The van der Waals surface area contributed by atoms with Crippen molar-refractivity contribution in [3.05, 3.63) is 29.3 Å². The monoisotopic (exact) mass is 237 g/mol. The quantitative estimate of drug-likeness (QED) is 0.817. The summed E-state index contributed by atoms with van der Waals surface area (Å²) in [6.45, 7) is 8.21. The SMILES string of the molecule is CCC(C)(C)Oc1ccc(C)cc1C(N)=S. The van der Waals surface area contributed by atoms with Crippen molar-refractivity contribution < 1.29 is 4.74 Å². The highest BCUT2D eigenvalue weighted by Crippen LogP contribution is 2.25. The number of rotatable bonds is 4. The summed E-state index contributed by atoms with van der Waals surface area (Å²) in [7, 11) is 0. The van der Waals surface area contributed by atoms with E-state index < -0.39 is 0 Å². The summed E-state index contributed by atoms with van der Waals surface area (Å²) in [5.74, 6) is 0.768. The molecule has 0 saturated carbocycles. The van der Waals surface area contributed by atoms with Crippen LogP contribution in [0, 0.1) is 6.92 Å². The molecule has 1 rings (SSSR count). The fourth-order valence-electron chi connectivity index (χ4n) is 1.30. The predicted molar refractivity (Wildman–Crippen MR) is 72.1 cm³/mol. The summed E-state index contributed by atoms with van der Waals surface area (Å²) < 4.78 is 5.93. The number of benzene rings is 1. The molecule has 1 aromatic carbocycles. The van der Waals surface area contributed by atoms with Gasteiger partial charge in [-0.15, -0.1) is 0 Å². The minimum Gasteiger partial charge on any atom is -0.487 e. The highest BCUT2D eigenvalue weighted by Gasteiger charge is 2.19. The first-order valence-electron chi connectivity index (χ1n) is 5.45. The maximum absolute atomic E-state index is 5.93. The number of hydrogen-bond acceptors (Lipinski definition) is 2. The number of aryl methyl sites for hydroxylation is 1. The van der Waals surface area contributed by atoms with E-state index >= 15 is 0 Å². The van der Waals surface area contributed by atoms with Crippen LogP contribution in [0.15, 0.2) is 18.2 Å². The lowest BCUT2D eigenvalue weighted by Crippen LogP contribution is -2.28. The minimum absolute atomic E-state index is 0.200. The van der Waals surface area contributed by atoms with E-state index in [4.69, 9.17) is 22.7 Å². The van der Waals surface area contributed by atoms with Gasteiger partial charge in [0.15, 0.2) is 0 Å². The van der Waals surface area contributed by atoms with Gasteiger partial charge in [-0.3, -0.25) is 0 Å². The average Bonchev–Trinajstić information content (AvgIpc) is 2.20. The molecule has 88 valence electrons. The first kappa shape index (κ1) is 13.0. The zero-order chi connectivity index (χ0) is 12.3. The Labute approximate surface area is 103 Å². The third-order valence-corrected chi connectivity index (χ3v) is 2.86. The molecule has 0 aliphatic heterocycles. The average molecular weight is 237 g/mol. The van der Waals surface area contributed by atoms with Gasteiger partial charge in [-0.2, -0.15) is 0 Å².